The Morgan fingerprint density at radius 1 is 1.35 bits per heavy atom. The Kier molecular flexibility index (Phi) is 4.69. The predicted octanol–water partition coefficient (Wildman–Crippen LogP) is 4.38. The Morgan fingerprint density at radius 3 is 2.91 bits per heavy atom. The van der Waals surface area contributed by atoms with E-state index in [9.17, 15) is 0 Å². The van der Waals surface area contributed by atoms with Gasteiger partial charge in [0.25, 0.3) is 5.95 Å². The van der Waals surface area contributed by atoms with Gasteiger partial charge in [-0.25, -0.2) is 9.78 Å². The van der Waals surface area contributed by atoms with E-state index in [1.807, 2.05) is 25.3 Å². The molecule has 0 aliphatic carbocycles. The van der Waals surface area contributed by atoms with Crippen LogP contribution in [0.4, 0.5) is 11.6 Å². The number of H-pyrrole nitrogens is 1. The molecule has 10 heteroatoms. The molecule has 0 unspecified atom stereocenters. The number of thiol groups is 1. The first-order valence-electron chi connectivity index (χ1n) is 6.50. The van der Waals surface area contributed by atoms with Crippen LogP contribution in [0.15, 0.2) is 44.7 Å². The molecule has 1 N–H and O–H groups in total. The highest BCUT2D eigenvalue weighted by Gasteiger charge is 2.09. The molecule has 0 fully saturated rings. The zero-order valence-electron chi connectivity index (χ0n) is 12.2. The van der Waals surface area contributed by atoms with E-state index in [0.29, 0.717) is 21.8 Å². The van der Waals surface area contributed by atoms with Crippen LogP contribution < -0.4 is 0 Å². The van der Waals surface area contributed by atoms with E-state index >= 15 is 0 Å². The molecule has 0 spiro atoms. The van der Waals surface area contributed by atoms with Gasteiger partial charge in [0.2, 0.25) is 5.16 Å². The van der Waals surface area contributed by atoms with E-state index in [1.165, 1.54) is 11.8 Å². The van der Waals surface area contributed by atoms with Crippen molar-refractivity contribution in [1.29, 1.82) is 0 Å². The standard InChI is InChI=1S/C13H12ClN7S2/c1-7-10(16-17-12-15-13(23-2)19-18-12)6-21(20-7)11-5-8(22)3-4-9(11)14/h3-6,22H,1-2H3,(H,15,18,19). The first-order valence-corrected chi connectivity index (χ1v) is 8.55. The third kappa shape index (κ3) is 3.57. The van der Waals surface area contributed by atoms with Crippen molar-refractivity contribution in [3.8, 4) is 5.69 Å². The number of hydrogen-bond acceptors (Lipinski definition) is 7. The fraction of sp³-hybridized carbons (Fsp3) is 0.154. The van der Waals surface area contributed by atoms with Gasteiger partial charge in [0, 0.05) is 4.90 Å². The fourth-order valence-corrected chi connectivity index (χ4v) is 2.54. The molecule has 0 atom stereocenters. The van der Waals surface area contributed by atoms with E-state index in [4.69, 9.17) is 11.6 Å². The number of aryl methyl sites for hydroxylation is 1. The second-order valence-corrected chi connectivity index (χ2v) is 6.22. The van der Waals surface area contributed by atoms with Crippen LogP contribution in [-0.2, 0) is 0 Å². The number of aromatic nitrogens is 5. The molecule has 1 aromatic carbocycles. The smallest absolute Gasteiger partial charge is 0.241 e. The quantitative estimate of drug-likeness (QED) is 0.408. The first-order chi connectivity index (χ1) is 11.1. The average molecular weight is 366 g/mol. The molecule has 0 amide bonds. The number of hydrogen-bond donors (Lipinski definition) is 2. The average Bonchev–Trinajstić information content (AvgIpc) is 3.14. The van der Waals surface area contributed by atoms with Crippen LogP contribution in [0.25, 0.3) is 5.69 Å². The zero-order valence-corrected chi connectivity index (χ0v) is 14.7. The number of aromatic amines is 1. The Labute approximate surface area is 147 Å². The molecular formula is C13H12ClN7S2. The Balaban J connectivity index is 1.90. The molecule has 0 aliphatic heterocycles. The van der Waals surface area contributed by atoms with Gasteiger partial charge in [0.1, 0.15) is 5.69 Å². The zero-order chi connectivity index (χ0) is 16.4. The predicted molar refractivity (Wildman–Crippen MR) is 92.9 cm³/mol. The summed E-state index contributed by atoms with van der Waals surface area (Å²) in [4.78, 5) is 4.94. The van der Waals surface area contributed by atoms with Crippen molar-refractivity contribution in [2.45, 2.75) is 17.0 Å². The number of nitrogens with one attached hydrogen (secondary N) is 1. The van der Waals surface area contributed by atoms with Crippen molar-refractivity contribution in [3.05, 3.63) is 35.1 Å². The Morgan fingerprint density at radius 2 is 2.17 bits per heavy atom. The van der Waals surface area contributed by atoms with Crippen LogP contribution in [-0.4, -0.2) is 31.2 Å². The summed E-state index contributed by atoms with van der Waals surface area (Å²) in [6.45, 7) is 1.84. The second-order valence-electron chi connectivity index (χ2n) is 4.53. The SMILES string of the molecule is CSc1n[nH]c(N=Nc2cn(-c3cc(S)ccc3Cl)nc2C)n1. The highest BCUT2D eigenvalue weighted by Crippen LogP contribution is 2.27. The molecule has 0 aliphatic rings. The van der Waals surface area contributed by atoms with Gasteiger partial charge in [-0.3, -0.25) is 0 Å². The normalized spacial score (nSPS) is 11.5. The third-order valence-corrected chi connectivity index (χ3v) is 4.08. The van der Waals surface area contributed by atoms with E-state index < -0.39 is 0 Å². The molecule has 0 saturated heterocycles. The maximum Gasteiger partial charge on any atom is 0.265 e. The van der Waals surface area contributed by atoms with Crippen LogP contribution in [0.1, 0.15) is 5.69 Å². The molecule has 3 rings (SSSR count). The molecule has 2 aromatic heterocycles. The lowest BCUT2D eigenvalue weighted by Crippen LogP contribution is -1.95. The summed E-state index contributed by atoms with van der Waals surface area (Å²) in [5.41, 5.74) is 2.07. The summed E-state index contributed by atoms with van der Waals surface area (Å²) in [6.07, 6.45) is 3.64. The van der Waals surface area contributed by atoms with Crippen LogP contribution in [0.2, 0.25) is 5.02 Å². The van der Waals surface area contributed by atoms with Crippen LogP contribution in [0.3, 0.4) is 0 Å². The summed E-state index contributed by atoms with van der Waals surface area (Å²) in [5, 5.41) is 20.5. The summed E-state index contributed by atoms with van der Waals surface area (Å²) in [5.74, 6) is 0.344. The third-order valence-electron chi connectivity index (χ3n) is 2.94. The molecular weight excluding hydrogens is 354 g/mol. The molecule has 2 heterocycles. The van der Waals surface area contributed by atoms with E-state index in [2.05, 4.69) is 43.1 Å². The van der Waals surface area contributed by atoms with Crippen LogP contribution >= 0.6 is 36.0 Å². The van der Waals surface area contributed by atoms with E-state index in [-0.39, 0.29) is 0 Å². The number of benzene rings is 1. The molecule has 0 radical (unpaired) electrons. The lowest BCUT2D eigenvalue weighted by molar-refractivity contribution is 0.860. The molecule has 118 valence electrons. The van der Waals surface area contributed by atoms with Gasteiger partial charge in [-0.15, -0.1) is 28.0 Å². The number of nitrogens with zero attached hydrogens (tertiary/aromatic N) is 6. The number of azo groups is 1. The monoisotopic (exact) mass is 365 g/mol. The van der Waals surface area contributed by atoms with Gasteiger partial charge >= 0.3 is 0 Å². The number of rotatable bonds is 4. The van der Waals surface area contributed by atoms with Gasteiger partial charge < -0.3 is 0 Å². The van der Waals surface area contributed by atoms with E-state index in [1.54, 1.807) is 16.9 Å². The lowest BCUT2D eigenvalue weighted by Gasteiger charge is -2.04. The van der Waals surface area contributed by atoms with Crippen molar-refractivity contribution in [1.82, 2.24) is 25.0 Å². The van der Waals surface area contributed by atoms with Gasteiger partial charge in [0.15, 0.2) is 0 Å². The highest BCUT2D eigenvalue weighted by atomic mass is 35.5. The lowest BCUT2D eigenvalue weighted by atomic mass is 10.3. The topological polar surface area (TPSA) is 84.1 Å². The minimum atomic E-state index is 0.344. The summed E-state index contributed by atoms with van der Waals surface area (Å²) in [7, 11) is 0. The highest BCUT2D eigenvalue weighted by molar-refractivity contribution is 7.98. The van der Waals surface area contributed by atoms with E-state index in [0.717, 1.165) is 16.3 Å². The Hall–Kier alpha value is -1.84. The van der Waals surface area contributed by atoms with Crippen LogP contribution in [0.5, 0.6) is 0 Å². The largest absolute Gasteiger partial charge is 0.265 e. The van der Waals surface area contributed by atoms with Gasteiger partial charge in [0.05, 0.1) is 22.6 Å². The molecule has 0 saturated carbocycles. The maximum absolute atomic E-state index is 6.21. The van der Waals surface area contributed by atoms with Crippen molar-refractivity contribution in [2.24, 2.45) is 10.2 Å². The van der Waals surface area contributed by atoms with Gasteiger partial charge in [-0.05, 0) is 31.4 Å². The number of halogens is 1. The Bertz CT molecular complexity index is 871. The fourth-order valence-electron chi connectivity index (χ4n) is 1.82. The summed E-state index contributed by atoms with van der Waals surface area (Å²) < 4.78 is 1.65. The van der Waals surface area contributed by atoms with Crippen molar-refractivity contribution in [2.75, 3.05) is 6.26 Å². The first kappa shape index (κ1) is 16.0. The molecule has 23 heavy (non-hydrogen) atoms. The van der Waals surface area contributed by atoms with Crippen molar-refractivity contribution in [3.63, 3.8) is 0 Å². The molecule has 3 aromatic rings. The maximum atomic E-state index is 6.21. The second kappa shape index (κ2) is 6.73. The van der Waals surface area contributed by atoms with Gasteiger partial charge in [-0.2, -0.15) is 10.1 Å². The molecule has 0 bridgehead atoms. The van der Waals surface area contributed by atoms with Crippen LogP contribution in [0, 0.1) is 6.92 Å². The van der Waals surface area contributed by atoms with Crippen molar-refractivity contribution < 1.29 is 0 Å². The minimum absolute atomic E-state index is 0.344. The van der Waals surface area contributed by atoms with Crippen molar-refractivity contribution >= 4 is 47.6 Å². The minimum Gasteiger partial charge on any atom is -0.241 e. The van der Waals surface area contributed by atoms with Gasteiger partial charge in [-0.1, -0.05) is 23.4 Å². The summed E-state index contributed by atoms with van der Waals surface area (Å²) >= 11 is 12.0. The summed E-state index contributed by atoms with van der Waals surface area (Å²) in [6, 6.07) is 5.43. The number of thioether (sulfide) groups is 1. The molecule has 7 nitrogen and oxygen atoms in total.